The lowest BCUT2D eigenvalue weighted by atomic mass is 9.82. The van der Waals surface area contributed by atoms with E-state index in [1.54, 1.807) is 6.07 Å². The molecule has 0 amide bonds. The van der Waals surface area contributed by atoms with Gasteiger partial charge in [0.25, 0.3) is 0 Å². The van der Waals surface area contributed by atoms with Gasteiger partial charge in [-0.1, -0.05) is 31.9 Å². The summed E-state index contributed by atoms with van der Waals surface area (Å²) in [6.45, 7) is 3.22. The monoisotopic (exact) mass is 221 g/mol. The number of hydrogen-bond donors (Lipinski definition) is 1. The summed E-state index contributed by atoms with van der Waals surface area (Å²) < 4.78 is 13.4. The summed E-state index contributed by atoms with van der Waals surface area (Å²) in [5, 5.41) is 3.23. The molecule has 2 unspecified atom stereocenters. The standard InChI is InChI=1S/C14H20FN/c1-11-5-4-6-12(9-11)10-16-14-8-3-2-7-13(14)15/h2-3,7-8,11-12,16H,4-6,9-10H2,1H3. The maximum absolute atomic E-state index is 13.4. The summed E-state index contributed by atoms with van der Waals surface area (Å²) in [6, 6.07) is 6.91. The van der Waals surface area contributed by atoms with Gasteiger partial charge in [-0.05, 0) is 36.8 Å². The predicted octanol–water partition coefficient (Wildman–Crippen LogP) is 4.06. The molecule has 1 aliphatic carbocycles. The molecule has 2 rings (SSSR count). The Labute approximate surface area is 97.1 Å². The largest absolute Gasteiger partial charge is 0.382 e. The van der Waals surface area contributed by atoms with Gasteiger partial charge in [0.05, 0.1) is 5.69 Å². The number of hydrogen-bond acceptors (Lipinski definition) is 1. The van der Waals surface area contributed by atoms with Crippen molar-refractivity contribution in [1.82, 2.24) is 0 Å². The Morgan fingerprint density at radius 2 is 2.12 bits per heavy atom. The molecule has 0 aliphatic heterocycles. The highest BCUT2D eigenvalue weighted by Gasteiger charge is 2.18. The van der Waals surface area contributed by atoms with Crippen molar-refractivity contribution in [3.8, 4) is 0 Å². The number of anilines is 1. The fourth-order valence-electron chi connectivity index (χ4n) is 2.60. The Morgan fingerprint density at radius 3 is 2.88 bits per heavy atom. The van der Waals surface area contributed by atoms with Gasteiger partial charge in [-0.3, -0.25) is 0 Å². The van der Waals surface area contributed by atoms with Crippen molar-refractivity contribution >= 4 is 5.69 Å². The van der Waals surface area contributed by atoms with Crippen molar-refractivity contribution in [3.63, 3.8) is 0 Å². The first-order valence-electron chi connectivity index (χ1n) is 6.24. The number of para-hydroxylation sites is 1. The minimum absolute atomic E-state index is 0.147. The second kappa shape index (κ2) is 5.33. The van der Waals surface area contributed by atoms with E-state index in [-0.39, 0.29) is 5.82 Å². The van der Waals surface area contributed by atoms with E-state index in [0.29, 0.717) is 11.6 Å². The first-order valence-corrected chi connectivity index (χ1v) is 6.24. The van der Waals surface area contributed by atoms with Crippen LogP contribution in [0, 0.1) is 17.7 Å². The number of rotatable bonds is 3. The van der Waals surface area contributed by atoms with Gasteiger partial charge in [0.2, 0.25) is 0 Å². The first-order chi connectivity index (χ1) is 7.75. The molecule has 0 bridgehead atoms. The molecule has 0 saturated heterocycles. The van der Waals surface area contributed by atoms with E-state index >= 15 is 0 Å². The molecule has 16 heavy (non-hydrogen) atoms. The molecule has 1 aromatic rings. The van der Waals surface area contributed by atoms with Gasteiger partial charge in [0.1, 0.15) is 5.82 Å². The highest BCUT2D eigenvalue weighted by molar-refractivity contribution is 5.44. The lowest BCUT2D eigenvalue weighted by molar-refractivity contribution is 0.293. The summed E-state index contributed by atoms with van der Waals surface area (Å²) in [7, 11) is 0. The summed E-state index contributed by atoms with van der Waals surface area (Å²) in [5.74, 6) is 1.40. The van der Waals surface area contributed by atoms with Crippen molar-refractivity contribution in [2.24, 2.45) is 11.8 Å². The molecular formula is C14H20FN. The number of benzene rings is 1. The Morgan fingerprint density at radius 1 is 1.31 bits per heavy atom. The molecule has 0 spiro atoms. The van der Waals surface area contributed by atoms with Crippen LogP contribution in [-0.4, -0.2) is 6.54 Å². The van der Waals surface area contributed by atoms with Crippen LogP contribution in [-0.2, 0) is 0 Å². The maximum Gasteiger partial charge on any atom is 0.146 e. The van der Waals surface area contributed by atoms with Crippen LogP contribution in [0.2, 0.25) is 0 Å². The van der Waals surface area contributed by atoms with Crippen LogP contribution in [0.25, 0.3) is 0 Å². The van der Waals surface area contributed by atoms with Gasteiger partial charge in [0.15, 0.2) is 0 Å². The van der Waals surface area contributed by atoms with Gasteiger partial charge in [0, 0.05) is 6.54 Å². The van der Waals surface area contributed by atoms with Gasteiger partial charge in [-0.15, -0.1) is 0 Å². The third kappa shape index (κ3) is 2.97. The number of halogens is 1. The van der Waals surface area contributed by atoms with Gasteiger partial charge in [-0.2, -0.15) is 0 Å². The van der Waals surface area contributed by atoms with E-state index in [2.05, 4.69) is 12.2 Å². The minimum atomic E-state index is -0.147. The molecule has 1 nitrogen and oxygen atoms in total. The average Bonchev–Trinajstić information content (AvgIpc) is 2.28. The molecule has 0 heterocycles. The molecule has 1 N–H and O–H groups in total. The molecule has 2 heteroatoms. The summed E-state index contributed by atoms with van der Waals surface area (Å²) in [6.07, 6.45) is 5.24. The van der Waals surface area contributed by atoms with Gasteiger partial charge >= 0.3 is 0 Å². The van der Waals surface area contributed by atoms with Crippen LogP contribution in [0.15, 0.2) is 24.3 Å². The van der Waals surface area contributed by atoms with Crippen LogP contribution in [0.5, 0.6) is 0 Å². The SMILES string of the molecule is CC1CCCC(CNc2ccccc2F)C1. The van der Waals surface area contributed by atoms with Crippen molar-refractivity contribution < 1.29 is 4.39 Å². The van der Waals surface area contributed by atoms with E-state index in [1.165, 1.54) is 31.7 Å². The molecule has 1 saturated carbocycles. The molecule has 0 radical (unpaired) electrons. The second-order valence-corrected chi connectivity index (χ2v) is 5.00. The highest BCUT2D eigenvalue weighted by atomic mass is 19.1. The van der Waals surface area contributed by atoms with Crippen molar-refractivity contribution in [2.75, 3.05) is 11.9 Å². The van der Waals surface area contributed by atoms with Gasteiger partial charge < -0.3 is 5.32 Å². The van der Waals surface area contributed by atoms with Crippen molar-refractivity contribution in [1.29, 1.82) is 0 Å². The Bertz CT molecular complexity index is 337. The lowest BCUT2D eigenvalue weighted by Crippen LogP contribution is -2.21. The van der Waals surface area contributed by atoms with Crippen LogP contribution < -0.4 is 5.32 Å². The van der Waals surface area contributed by atoms with Crippen LogP contribution >= 0.6 is 0 Å². The normalized spacial score (nSPS) is 25.4. The van der Waals surface area contributed by atoms with Crippen LogP contribution in [0.3, 0.4) is 0 Å². The second-order valence-electron chi connectivity index (χ2n) is 5.00. The Kier molecular flexibility index (Phi) is 3.81. The summed E-state index contributed by atoms with van der Waals surface area (Å²) in [4.78, 5) is 0. The zero-order valence-corrected chi connectivity index (χ0v) is 9.88. The molecule has 0 aromatic heterocycles. The van der Waals surface area contributed by atoms with E-state index in [0.717, 1.165) is 12.5 Å². The zero-order valence-electron chi connectivity index (χ0n) is 9.88. The van der Waals surface area contributed by atoms with Crippen LogP contribution in [0.4, 0.5) is 10.1 Å². The average molecular weight is 221 g/mol. The summed E-state index contributed by atoms with van der Waals surface area (Å²) >= 11 is 0. The van der Waals surface area contributed by atoms with E-state index in [4.69, 9.17) is 0 Å². The smallest absolute Gasteiger partial charge is 0.146 e. The van der Waals surface area contributed by atoms with E-state index < -0.39 is 0 Å². The van der Waals surface area contributed by atoms with Crippen molar-refractivity contribution in [3.05, 3.63) is 30.1 Å². The Hall–Kier alpha value is -1.05. The molecule has 1 aromatic carbocycles. The minimum Gasteiger partial charge on any atom is -0.382 e. The quantitative estimate of drug-likeness (QED) is 0.811. The fourth-order valence-corrected chi connectivity index (χ4v) is 2.60. The lowest BCUT2D eigenvalue weighted by Gasteiger charge is -2.27. The van der Waals surface area contributed by atoms with Crippen LogP contribution in [0.1, 0.15) is 32.6 Å². The first kappa shape index (κ1) is 11.4. The van der Waals surface area contributed by atoms with Gasteiger partial charge in [-0.25, -0.2) is 4.39 Å². The van der Waals surface area contributed by atoms with E-state index in [1.807, 2.05) is 12.1 Å². The third-order valence-corrected chi connectivity index (χ3v) is 3.50. The van der Waals surface area contributed by atoms with E-state index in [9.17, 15) is 4.39 Å². The summed E-state index contributed by atoms with van der Waals surface area (Å²) in [5.41, 5.74) is 0.640. The fraction of sp³-hybridized carbons (Fsp3) is 0.571. The maximum atomic E-state index is 13.4. The molecule has 88 valence electrons. The highest BCUT2D eigenvalue weighted by Crippen LogP contribution is 2.28. The molecule has 2 atom stereocenters. The third-order valence-electron chi connectivity index (χ3n) is 3.50. The molecular weight excluding hydrogens is 201 g/mol. The number of nitrogens with one attached hydrogen (secondary N) is 1. The topological polar surface area (TPSA) is 12.0 Å². The zero-order chi connectivity index (χ0) is 11.4. The molecule has 1 aliphatic rings. The van der Waals surface area contributed by atoms with Crippen molar-refractivity contribution in [2.45, 2.75) is 32.6 Å². The Balaban J connectivity index is 1.85. The molecule has 1 fully saturated rings. The predicted molar refractivity (Wildman–Crippen MR) is 66.0 cm³/mol.